The summed E-state index contributed by atoms with van der Waals surface area (Å²) in [5.41, 5.74) is 1.49. The number of carbonyl (C=O) groups is 2. The molecule has 3 aromatic rings. The number of benzene rings is 2. The predicted molar refractivity (Wildman–Crippen MR) is 103 cm³/mol. The molecule has 0 saturated carbocycles. The van der Waals surface area contributed by atoms with Crippen molar-refractivity contribution in [2.24, 2.45) is 0 Å². The molecule has 1 aromatic heterocycles. The smallest absolute Gasteiger partial charge is 0.337 e. The number of halogens is 1. The van der Waals surface area contributed by atoms with E-state index in [1.165, 1.54) is 37.6 Å². The van der Waals surface area contributed by atoms with Gasteiger partial charge in [0.2, 0.25) is 5.95 Å². The van der Waals surface area contributed by atoms with Gasteiger partial charge in [0.1, 0.15) is 5.69 Å². The quantitative estimate of drug-likeness (QED) is 0.650. The molecule has 2 N–H and O–H groups in total. The fourth-order valence-electron chi connectivity index (χ4n) is 2.25. The Bertz CT molecular complexity index is 980. The van der Waals surface area contributed by atoms with Gasteiger partial charge in [-0.05, 0) is 36.4 Å². The molecule has 0 unspecified atom stereocenters. The molecule has 0 saturated heterocycles. The van der Waals surface area contributed by atoms with Gasteiger partial charge in [0.25, 0.3) is 5.91 Å². The lowest BCUT2D eigenvalue weighted by Gasteiger charge is -2.09. The minimum Gasteiger partial charge on any atom is -0.465 e. The van der Waals surface area contributed by atoms with Crippen LogP contribution in [0.3, 0.4) is 0 Å². The Hall–Kier alpha value is -3.45. The molecule has 8 heteroatoms. The van der Waals surface area contributed by atoms with E-state index in [1.807, 2.05) is 30.3 Å². The van der Waals surface area contributed by atoms with Crippen molar-refractivity contribution >= 4 is 40.8 Å². The largest absolute Gasteiger partial charge is 0.465 e. The van der Waals surface area contributed by atoms with E-state index in [1.54, 1.807) is 0 Å². The molecular formula is C19H15ClN4O3. The van der Waals surface area contributed by atoms with E-state index in [2.05, 4.69) is 25.3 Å². The standard InChI is InChI=1S/C19H15ClN4O3/c1-27-18(26)12-7-8-14(20)16(11-12)23-17(25)15-9-10-21-19(24-15)22-13-5-3-2-4-6-13/h2-11H,1H3,(H,23,25)(H,21,22,24). The lowest BCUT2D eigenvalue weighted by atomic mass is 10.2. The average molecular weight is 383 g/mol. The average Bonchev–Trinajstić information content (AvgIpc) is 2.70. The Labute approximate surface area is 160 Å². The topological polar surface area (TPSA) is 93.2 Å². The van der Waals surface area contributed by atoms with Crippen LogP contribution in [0.2, 0.25) is 5.02 Å². The first kappa shape index (κ1) is 18.3. The maximum atomic E-state index is 12.5. The van der Waals surface area contributed by atoms with E-state index >= 15 is 0 Å². The number of nitrogens with zero attached hydrogens (tertiary/aromatic N) is 2. The maximum absolute atomic E-state index is 12.5. The number of amides is 1. The first-order valence-electron chi connectivity index (χ1n) is 7.91. The summed E-state index contributed by atoms with van der Waals surface area (Å²) in [6.45, 7) is 0. The zero-order chi connectivity index (χ0) is 19.2. The molecule has 0 aliphatic carbocycles. The second kappa shape index (κ2) is 8.29. The number of rotatable bonds is 5. The first-order valence-corrected chi connectivity index (χ1v) is 8.29. The van der Waals surface area contributed by atoms with E-state index in [4.69, 9.17) is 11.6 Å². The molecule has 0 bridgehead atoms. The van der Waals surface area contributed by atoms with Gasteiger partial charge in [-0.3, -0.25) is 4.79 Å². The third-order valence-corrected chi connectivity index (χ3v) is 3.88. The highest BCUT2D eigenvalue weighted by atomic mass is 35.5. The predicted octanol–water partition coefficient (Wildman–Crippen LogP) is 3.91. The molecule has 3 rings (SSSR count). The number of anilines is 3. The number of para-hydroxylation sites is 1. The van der Waals surface area contributed by atoms with E-state index < -0.39 is 11.9 Å². The van der Waals surface area contributed by atoms with Crippen molar-refractivity contribution in [3.63, 3.8) is 0 Å². The van der Waals surface area contributed by atoms with E-state index in [9.17, 15) is 9.59 Å². The van der Waals surface area contributed by atoms with Crippen LogP contribution in [-0.2, 0) is 4.74 Å². The molecule has 0 radical (unpaired) electrons. The number of methoxy groups -OCH3 is 1. The molecule has 2 aromatic carbocycles. The summed E-state index contributed by atoms with van der Waals surface area (Å²) >= 11 is 6.10. The van der Waals surface area contributed by atoms with Gasteiger partial charge in [0.05, 0.1) is 23.4 Å². The van der Waals surface area contributed by atoms with Crippen LogP contribution in [0.5, 0.6) is 0 Å². The van der Waals surface area contributed by atoms with Crippen LogP contribution in [0.4, 0.5) is 17.3 Å². The van der Waals surface area contributed by atoms with E-state index in [0.29, 0.717) is 0 Å². The van der Waals surface area contributed by atoms with Crippen LogP contribution in [-0.4, -0.2) is 29.0 Å². The summed E-state index contributed by atoms with van der Waals surface area (Å²) in [6, 6.07) is 15.3. The zero-order valence-electron chi connectivity index (χ0n) is 14.3. The monoisotopic (exact) mass is 382 g/mol. The fourth-order valence-corrected chi connectivity index (χ4v) is 2.41. The van der Waals surface area contributed by atoms with Crippen molar-refractivity contribution in [3.8, 4) is 0 Å². The van der Waals surface area contributed by atoms with Crippen molar-refractivity contribution in [2.75, 3.05) is 17.7 Å². The van der Waals surface area contributed by atoms with Crippen molar-refractivity contribution in [2.45, 2.75) is 0 Å². The van der Waals surface area contributed by atoms with Crippen molar-refractivity contribution in [3.05, 3.63) is 77.1 Å². The van der Waals surface area contributed by atoms with Gasteiger partial charge in [0, 0.05) is 11.9 Å². The fraction of sp³-hybridized carbons (Fsp3) is 0.0526. The second-order valence-electron chi connectivity index (χ2n) is 5.40. The SMILES string of the molecule is COC(=O)c1ccc(Cl)c(NC(=O)c2ccnc(Nc3ccccc3)n2)c1. The van der Waals surface area contributed by atoms with Gasteiger partial charge < -0.3 is 15.4 Å². The molecule has 27 heavy (non-hydrogen) atoms. The number of hydrogen-bond acceptors (Lipinski definition) is 6. The number of esters is 1. The molecular weight excluding hydrogens is 368 g/mol. The van der Waals surface area contributed by atoms with Gasteiger partial charge in [0.15, 0.2) is 0 Å². The molecule has 0 atom stereocenters. The van der Waals surface area contributed by atoms with Crippen molar-refractivity contribution < 1.29 is 14.3 Å². The summed E-state index contributed by atoms with van der Waals surface area (Å²) in [7, 11) is 1.28. The highest BCUT2D eigenvalue weighted by Gasteiger charge is 2.14. The van der Waals surface area contributed by atoms with Crippen LogP contribution in [0.1, 0.15) is 20.8 Å². The van der Waals surface area contributed by atoms with E-state index in [-0.39, 0.29) is 27.9 Å². The molecule has 136 valence electrons. The Balaban J connectivity index is 1.79. The van der Waals surface area contributed by atoms with Gasteiger partial charge in [-0.2, -0.15) is 0 Å². The Kier molecular flexibility index (Phi) is 5.63. The molecule has 1 amide bonds. The minimum atomic E-state index is -0.529. The molecule has 0 aliphatic rings. The lowest BCUT2D eigenvalue weighted by molar-refractivity contribution is 0.0600. The zero-order valence-corrected chi connectivity index (χ0v) is 15.0. The van der Waals surface area contributed by atoms with Gasteiger partial charge in [-0.25, -0.2) is 14.8 Å². The molecule has 0 spiro atoms. The van der Waals surface area contributed by atoms with Crippen LogP contribution >= 0.6 is 11.6 Å². The normalized spacial score (nSPS) is 10.1. The molecule has 0 aliphatic heterocycles. The van der Waals surface area contributed by atoms with Crippen LogP contribution in [0, 0.1) is 0 Å². The van der Waals surface area contributed by atoms with Gasteiger partial charge >= 0.3 is 5.97 Å². The Morgan fingerprint density at radius 1 is 1.07 bits per heavy atom. The first-order chi connectivity index (χ1) is 13.1. The van der Waals surface area contributed by atoms with Crippen LogP contribution < -0.4 is 10.6 Å². The lowest BCUT2D eigenvalue weighted by Crippen LogP contribution is -2.15. The third-order valence-electron chi connectivity index (χ3n) is 3.55. The number of aromatic nitrogens is 2. The number of ether oxygens (including phenoxy) is 1. The Morgan fingerprint density at radius 2 is 1.85 bits per heavy atom. The van der Waals surface area contributed by atoms with Crippen LogP contribution in [0.25, 0.3) is 0 Å². The van der Waals surface area contributed by atoms with E-state index in [0.717, 1.165) is 5.69 Å². The van der Waals surface area contributed by atoms with Crippen LogP contribution in [0.15, 0.2) is 60.8 Å². The van der Waals surface area contributed by atoms with Gasteiger partial charge in [-0.1, -0.05) is 29.8 Å². The Morgan fingerprint density at radius 3 is 2.59 bits per heavy atom. The number of carbonyl (C=O) groups excluding carboxylic acids is 2. The van der Waals surface area contributed by atoms with Gasteiger partial charge in [-0.15, -0.1) is 0 Å². The summed E-state index contributed by atoms with van der Waals surface area (Å²) in [4.78, 5) is 32.5. The summed E-state index contributed by atoms with van der Waals surface area (Å²) < 4.78 is 4.67. The van der Waals surface area contributed by atoms with Crippen molar-refractivity contribution in [1.82, 2.24) is 9.97 Å². The maximum Gasteiger partial charge on any atom is 0.337 e. The molecule has 7 nitrogen and oxygen atoms in total. The third kappa shape index (κ3) is 4.59. The second-order valence-corrected chi connectivity index (χ2v) is 5.80. The highest BCUT2D eigenvalue weighted by molar-refractivity contribution is 6.34. The highest BCUT2D eigenvalue weighted by Crippen LogP contribution is 2.24. The summed E-state index contributed by atoms with van der Waals surface area (Å²) in [6.07, 6.45) is 1.47. The summed E-state index contributed by atoms with van der Waals surface area (Å²) in [5, 5.41) is 5.94. The minimum absolute atomic E-state index is 0.142. The summed E-state index contributed by atoms with van der Waals surface area (Å²) in [5.74, 6) is -0.737. The van der Waals surface area contributed by atoms with Crippen molar-refractivity contribution in [1.29, 1.82) is 0 Å². The molecule has 1 heterocycles. The number of nitrogens with one attached hydrogen (secondary N) is 2. The molecule has 0 fully saturated rings. The number of hydrogen-bond donors (Lipinski definition) is 2.